The molecule has 2 nitrogen and oxygen atoms in total. The van der Waals surface area contributed by atoms with E-state index < -0.39 is 4.75 Å². The normalized spacial score (nSPS) is 14.3. The Labute approximate surface area is 73.7 Å². The van der Waals surface area contributed by atoms with E-state index in [0.717, 1.165) is 6.42 Å². The Morgan fingerprint density at radius 2 is 2.09 bits per heavy atom. The van der Waals surface area contributed by atoms with Crippen molar-refractivity contribution < 1.29 is 9.53 Å². The molecule has 1 atom stereocenters. The van der Waals surface area contributed by atoms with Gasteiger partial charge in [0.2, 0.25) is 0 Å². The molecule has 0 aromatic carbocycles. The third-order valence-electron chi connectivity index (χ3n) is 1.38. The summed E-state index contributed by atoms with van der Waals surface area (Å²) in [6.07, 6.45) is 0.837. The van der Waals surface area contributed by atoms with E-state index in [2.05, 4.69) is 12.6 Å². The highest BCUT2D eigenvalue weighted by Crippen LogP contribution is 2.15. The summed E-state index contributed by atoms with van der Waals surface area (Å²) < 4.78 is 4.37. The van der Waals surface area contributed by atoms with E-state index in [9.17, 15) is 4.79 Å². The van der Waals surface area contributed by atoms with Crippen molar-refractivity contribution in [3.8, 4) is 0 Å². The van der Waals surface area contributed by atoms with E-state index in [-0.39, 0.29) is 12.1 Å². The molecule has 0 spiro atoms. The second-order valence-electron chi connectivity index (χ2n) is 3.18. The van der Waals surface area contributed by atoms with Gasteiger partial charge in [0, 0.05) is 0 Å². The van der Waals surface area contributed by atoms with Crippen LogP contribution in [0.4, 0.5) is 0 Å². The fourth-order valence-electron chi connectivity index (χ4n) is 0.410. The van der Waals surface area contributed by atoms with Crippen molar-refractivity contribution in [2.24, 2.45) is 0 Å². The molecule has 0 N–H and O–H groups in total. The van der Waals surface area contributed by atoms with Crippen molar-refractivity contribution >= 4 is 18.6 Å². The van der Waals surface area contributed by atoms with Crippen LogP contribution in [0.3, 0.4) is 0 Å². The first-order chi connectivity index (χ1) is 4.88. The Bertz CT molecular complexity index is 138. The number of rotatable bonds is 3. The van der Waals surface area contributed by atoms with Crippen LogP contribution in [-0.2, 0) is 9.53 Å². The van der Waals surface area contributed by atoms with E-state index in [1.54, 1.807) is 13.8 Å². The predicted octanol–water partition coefficient (Wildman–Crippen LogP) is 2.04. The first kappa shape index (κ1) is 10.8. The topological polar surface area (TPSA) is 26.3 Å². The summed E-state index contributed by atoms with van der Waals surface area (Å²) in [5.41, 5.74) is 0. The minimum atomic E-state index is -0.677. The molecule has 0 aromatic heterocycles. The van der Waals surface area contributed by atoms with Crippen molar-refractivity contribution in [3.63, 3.8) is 0 Å². The minimum Gasteiger partial charge on any atom is -0.462 e. The lowest BCUT2D eigenvalue weighted by Gasteiger charge is -2.19. The Morgan fingerprint density at radius 3 is 2.36 bits per heavy atom. The molecule has 66 valence electrons. The molecule has 1 unspecified atom stereocenters. The molecule has 0 saturated heterocycles. The highest BCUT2D eigenvalue weighted by molar-refractivity contribution is 7.82. The van der Waals surface area contributed by atoms with Crippen molar-refractivity contribution in [1.82, 2.24) is 0 Å². The molecule has 11 heavy (non-hydrogen) atoms. The van der Waals surface area contributed by atoms with Crippen molar-refractivity contribution in [3.05, 3.63) is 0 Å². The smallest absolute Gasteiger partial charge is 0.321 e. The maximum absolute atomic E-state index is 11.1. The fourth-order valence-corrected chi connectivity index (χ4v) is 0.463. The molecule has 0 saturated carbocycles. The SMILES string of the molecule is CCC(C)OC(=O)C(C)(C)S. The van der Waals surface area contributed by atoms with Crippen LogP contribution in [0.2, 0.25) is 0 Å². The monoisotopic (exact) mass is 176 g/mol. The highest BCUT2D eigenvalue weighted by Gasteiger charge is 2.25. The first-order valence-corrected chi connectivity index (χ1v) is 4.26. The van der Waals surface area contributed by atoms with Gasteiger partial charge in [0.25, 0.3) is 0 Å². The lowest BCUT2D eigenvalue weighted by Crippen LogP contribution is -2.30. The number of hydrogen-bond acceptors (Lipinski definition) is 3. The van der Waals surface area contributed by atoms with Crippen LogP contribution in [0, 0.1) is 0 Å². The van der Waals surface area contributed by atoms with E-state index in [1.165, 1.54) is 0 Å². The Balaban J connectivity index is 3.88. The molecule has 0 rings (SSSR count). The lowest BCUT2D eigenvalue weighted by atomic mass is 10.2. The third kappa shape index (κ3) is 4.30. The largest absolute Gasteiger partial charge is 0.462 e. The van der Waals surface area contributed by atoms with Gasteiger partial charge >= 0.3 is 5.97 Å². The second-order valence-corrected chi connectivity index (χ2v) is 4.30. The second kappa shape index (κ2) is 4.00. The zero-order valence-electron chi connectivity index (χ0n) is 7.55. The van der Waals surface area contributed by atoms with Gasteiger partial charge in [-0.2, -0.15) is 12.6 Å². The molecule has 0 fully saturated rings. The Morgan fingerprint density at radius 1 is 1.64 bits per heavy atom. The van der Waals surface area contributed by atoms with Gasteiger partial charge in [0.1, 0.15) is 4.75 Å². The molecule has 0 heterocycles. The first-order valence-electron chi connectivity index (χ1n) is 3.81. The molecule has 0 amide bonds. The van der Waals surface area contributed by atoms with Gasteiger partial charge in [-0.25, -0.2) is 0 Å². The van der Waals surface area contributed by atoms with Crippen LogP contribution < -0.4 is 0 Å². The maximum Gasteiger partial charge on any atom is 0.321 e. The number of thiol groups is 1. The summed E-state index contributed by atoms with van der Waals surface area (Å²) in [7, 11) is 0. The summed E-state index contributed by atoms with van der Waals surface area (Å²) in [5, 5.41) is 0. The molecule has 3 heteroatoms. The fraction of sp³-hybridized carbons (Fsp3) is 0.875. The van der Waals surface area contributed by atoms with Gasteiger partial charge in [-0.15, -0.1) is 0 Å². The van der Waals surface area contributed by atoms with Crippen molar-refractivity contribution in [1.29, 1.82) is 0 Å². The molecule has 0 radical (unpaired) electrons. The van der Waals surface area contributed by atoms with Gasteiger partial charge in [-0.3, -0.25) is 4.79 Å². The average molecular weight is 176 g/mol. The van der Waals surface area contributed by atoms with Crippen LogP contribution in [0.25, 0.3) is 0 Å². The van der Waals surface area contributed by atoms with Gasteiger partial charge in [0.05, 0.1) is 6.10 Å². The van der Waals surface area contributed by atoms with Crippen molar-refractivity contribution in [2.45, 2.75) is 45.0 Å². The zero-order chi connectivity index (χ0) is 9.07. The number of carbonyl (C=O) groups excluding carboxylic acids is 1. The van der Waals surface area contributed by atoms with Gasteiger partial charge in [0.15, 0.2) is 0 Å². The molecule has 0 bridgehead atoms. The van der Waals surface area contributed by atoms with E-state index >= 15 is 0 Å². The molecular formula is C8H16O2S. The lowest BCUT2D eigenvalue weighted by molar-refractivity contribution is -0.150. The number of carbonyl (C=O) groups is 1. The summed E-state index contributed by atoms with van der Waals surface area (Å²) >= 11 is 4.09. The van der Waals surface area contributed by atoms with Gasteiger partial charge < -0.3 is 4.74 Å². The molecule has 0 aliphatic rings. The summed E-state index contributed by atoms with van der Waals surface area (Å²) in [6, 6.07) is 0. The van der Waals surface area contributed by atoms with Crippen LogP contribution in [0.15, 0.2) is 0 Å². The average Bonchev–Trinajstić information content (AvgIpc) is 1.85. The predicted molar refractivity (Wildman–Crippen MR) is 48.9 cm³/mol. The number of hydrogen-bond donors (Lipinski definition) is 1. The van der Waals surface area contributed by atoms with E-state index in [4.69, 9.17) is 4.74 Å². The maximum atomic E-state index is 11.1. The van der Waals surface area contributed by atoms with Crippen LogP contribution in [-0.4, -0.2) is 16.8 Å². The van der Waals surface area contributed by atoms with E-state index in [1.807, 2.05) is 13.8 Å². The standard InChI is InChI=1S/C8H16O2S/c1-5-6(2)10-7(9)8(3,4)11/h6,11H,5H2,1-4H3. The Kier molecular flexibility index (Phi) is 3.93. The number of esters is 1. The van der Waals surface area contributed by atoms with Crippen LogP contribution in [0.1, 0.15) is 34.1 Å². The third-order valence-corrected chi connectivity index (χ3v) is 1.57. The number of ether oxygens (including phenoxy) is 1. The summed E-state index contributed by atoms with van der Waals surface area (Å²) in [5.74, 6) is -0.254. The summed E-state index contributed by atoms with van der Waals surface area (Å²) in [6.45, 7) is 7.29. The zero-order valence-corrected chi connectivity index (χ0v) is 8.44. The Hall–Kier alpha value is -0.180. The molecule has 0 aliphatic carbocycles. The quantitative estimate of drug-likeness (QED) is 0.526. The highest BCUT2D eigenvalue weighted by atomic mass is 32.1. The molecular weight excluding hydrogens is 160 g/mol. The van der Waals surface area contributed by atoms with Gasteiger partial charge in [-0.1, -0.05) is 6.92 Å². The van der Waals surface area contributed by atoms with E-state index in [0.29, 0.717) is 0 Å². The van der Waals surface area contributed by atoms with Crippen LogP contribution in [0.5, 0.6) is 0 Å². The van der Waals surface area contributed by atoms with Crippen LogP contribution >= 0.6 is 12.6 Å². The molecule has 0 aliphatic heterocycles. The summed E-state index contributed by atoms with van der Waals surface area (Å²) in [4.78, 5) is 11.1. The van der Waals surface area contributed by atoms with Gasteiger partial charge in [-0.05, 0) is 27.2 Å². The minimum absolute atomic E-state index is 0.00563. The molecule has 0 aromatic rings. The van der Waals surface area contributed by atoms with Crippen molar-refractivity contribution in [2.75, 3.05) is 0 Å².